The molecule has 0 heterocycles. The Kier molecular flexibility index (Phi) is 7.55. The van der Waals surface area contributed by atoms with Gasteiger partial charge in [-0.15, -0.1) is 0 Å². The maximum Gasteiger partial charge on any atom is 0.240 e. The van der Waals surface area contributed by atoms with Gasteiger partial charge in [0.2, 0.25) is 11.8 Å². The zero-order valence-electron chi connectivity index (χ0n) is 15.9. The molecule has 0 radical (unpaired) electrons. The summed E-state index contributed by atoms with van der Waals surface area (Å²) >= 11 is 0. The first-order chi connectivity index (χ1) is 13.0. The highest BCUT2D eigenvalue weighted by molar-refractivity contribution is 5.93. The molecule has 0 aliphatic rings. The molecule has 6 nitrogen and oxygen atoms in total. The summed E-state index contributed by atoms with van der Waals surface area (Å²) < 4.78 is 5.36. The van der Waals surface area contributed by atoms with Crippen LogP contribution in [-0.4, -0.2) is 24.6 Å². The number of benzene rings is 2. The first-order valence-corrected chi connectivity index (χ1v) is 8.90. The van der Waals surface area contributed by atoms with Crippen LogP contribution in [0.25, 0.3) is 0 Å². The van der Waals surface area contributed by atoms with E-state index in [2.05, 4.69) is 15.8 Å². The molecule has 0 unspecified atom stereocenters. The molecule has 0 saturated carbocycles. The molecule has 2 amide bonds. The molecule has 0 bridgehead atoms. The lowest BCUT2D eigenvalue weighted by atomic mass is 10.1. The summed E-state index contributed by atoms with van der Waals surface area (Å²) in [4.78, 5) is 23.8. The van der Waals surface area contributed by atoms with Gasteiger partial charge in [-0.1, -0.05) is 6.07 Å². The van der Waals surface area contributed by atoms with E-state index in [4.69, 9.17) is 4.74 Å². The number of aryl methyl sites for hydroxylation is 2. The van der Waals surface area contributed by atoms with Crippen LogP contribution >= 0.6 is 0 Å². The third-order valence-corrected chi connectivity index (χ3v) is 3.96. The van der Waals surface area contributed by atoms with Crippen molar-refractivity contribution in [3.05, 3.63) is 59.2 Å². The van der Waals surface area contributed by atoms with E-state index in [1.165, 1.54) is 0 Å². The molecule has 142 valence electrons. The summed E-state index contributed by atoms with van der Waals surface area (Å²) in [5.41, 5.74) is 6.27. The Morgan fingerprint density at radius 1 is 1.00 bits per heavy atom. The van der Waals surface area contributed by atoms with Gasteiger partial charge in [0.15, 0.2) is 0 Å². The molecule has 0 saturated heterocycles. The number of hydrogen-bond donors (Lipinski definition) is 2. The second-order valence-electron chi connectivity index (χ2n) is 6.14. The van der Waals surface area contributed by atoms with Crippen molar-refractivity contribution in [1.82, 2.24) is 5.43 Å². The largest absolute Gasteiger partial charge is 0.494 e. The van der Waals surface area contributed by atoms with Crippen LogP contribution in [0.4, 0.5) is 5.69 Å². The van der Waals surface area contributed by atoms with Crippen LogP contribution in [0.3, 0.4) is 0 Å². The van der Waals surface area contributed by atoms with Crippen molar-refractivity contribution in [3.63, 3.8) is 0 Å². The van der Waals surface area contributed by atoms with Crippen LogP contribution in [0.5, 0.6) is 5.75 Å². The lowest BCUT2D eigenvalue weighted by Gasteiger charge is -2.07. The summed E-state index contributed by atoms with van der Waals surface area (Å²) in [6, 6.07) is 13.1. The molecular weight excluding hydrogens is 342 g/mol. The molecule has 27 heavy (non-hydrogen) atoms. The zero-order valence-corrected chi connectivity index (χ0v) is 15.9. The quantitative estimate of drug-likeness (QED) is 0.553. The van der Waals surface area contributed by atoms with Crippen molar-refractivity contribution >= 4 is 23.7 Å². The van der Waals surface area contributed by atoms with E-state index < -0.39 is 0 Å². The van der Waals surface area contributed by atoms with Gasteiger partial charge in [0, 0.05) is 18.5 Å². The van der Waals surface area contributed by atoms with Gasteiger partial charge in [0.25, 0.3) is 0 Å². The van der Waals surface area contributed by atoms with Crippen LogP contribution in [0, 0.1) is 13.8 Å². The van der Waals surface area contributed by atoms with Crippen LogP contribution in [0.15, 0.2) is 47.6 Å². The van der Waals surface area contributed by atoms with Gasteiger partial charge in [0.1, 0.15) is 5.75 Å². The van der Waals surface area contributed by atoms with Crippen molar-refractivity contribution in [2.45, 2.75) is 33.6 Å². The Labute approximate surface area is 159 Å². The third kappa shape index (κ3) is 6.93. The van der Waals surface area contributed by atoms with E-state index in [0.717, 1.165) is 28.1 Å². The van der Waals surface area contributed by atoms with Gasteiger partial charge >= 0.3 is 0 Å². The number of ether oxygens (including phenoxy) is 1. The molecular formula is C21H25N3O3. The van der Waals surface area contributed by atoms with Gasteiger partial charge in [-0.3, -0.25) is 9.59 Å². The number of anilines is 1. The third-order valence-electron chi connectivity index (χ3n) is 3.96. The maximum atomic E-state index is 12.0. The average molecular weight is 367 g/mol. The minimum Gasteiger partial charge on any atom is -0.494 e. The number of carbonyl (C=O) groups excluding carboxylic acids is 2. The topological polar surface area (TPSA) is 79.8 Å². The molecule has 0 fully saturated rings. The number of hydrazone groups is 1. The van der Waals surface area contributed by atoms with E-state index in [0.29, 0.717) is 6.61 Å². The molecule has 0 aliphatic heterocycles. The van der Waals surface area contributed by atoms with Gasteiger partial charge in [0.05, 0.1) is 12.8 Å². The minimum absolute atomic E-state index is 0.0668. The molecule has 2 rings (SSSR count). The SMILES string of the molecule is CCOc1ccc(/C=N/NC(=O)CCC(=O)Nc2ccc(C)c(C)c2)cc1. The molecule has 2 aromatic rings. The molecule has 0 atom stereocenters. The summed E-state index contributed by atoms with van der Waals surface area (Å²) in [5, 5.41) is 6.70. The molecule has 0 aliphatic carbocycles. The first-order valence-electron chi connectivity index (χ1n) is 8.90. The van der Waals surface area contributed by atoms with Crippen molar-refractivity contribution in [2.75, 3.05) is 11.9 Å². The number of hydrogen-bond acceptors (Lipinski definition) is 4. The fourth-order valence-electron chi connectivity index (χ4n) is 2.32. The highest BCUT2D eigenvalue weighted by Gasteiger charge is 2.07. The van der Waals surface area contributed by atoms with Gasteiger partial charge < -0.3 is 10.1 Å². The highest BCUT2D eigenvalue weighted by atomic mass is 16.5. The van der Waals surface area contributed by atoms with E-state index in [9.17, 15) is 9.59 Å². The standard InChI is InChI=1S/C21H25N3O3/c1-4-27-19-9-6-17(7-10-19)14-22-24-21(26)12-11-20(25)23-18-8-5-15(2)16(3)13-18/h5-10,13-14H,4,11-12H2,1-3H3,(H,23,25)(H,24,26)/b22-14+. The summed E-state index contributed by atoms with van der Waals surface area (Å²) in [5.74, 6) is 0.268. The van der Waals surface area contributed by atoms with E-state index >= 15 is 0 Å². The van der Waals surface area contributed by atoms with Gasteiger partial charge in [-0.25, -0.2) is 5.43 Å². The average Bonchev–Trinajstić information content (AvgIpc) is 2.65. The molecule has 2 aromatic carbocycles. The monoisotopic (exact) mass is 367 g/mol. The number of nitrogens with zero attached hydrogens (tertiary/aromatic N) is 1. The molecule has 0 aromatic heterocycles. The number of carbonyl (C=O) groups is 2. The smallest absolute Gasteiger partial charge is 0.240 e. The fourth-order valence-corrected chi connectivity index (χ4v) is 2.32. The second kappa shape index (κ2) is 10.1. The predicted octanol–water partition coefficient (Wildman–Crippen LogP) is 3.57. The van der Waals surface area contributed by atoms with Gasteiger partial charge in [-0.2, -0.15) is 5.10 Å². The molecule has 2 N–H and O–H groups in total. The number of nitrogens with one attached hydrogen (secondary N) is 2. The Morgan fingerprint density at radius 3 is 2.37 bits per heavy atom. The predicted molar refractivity (Wildman–Crippen MR) is 107 cm³/mol. The molecule has 6 heteroatoms. The number of rotatable bonds is 8. The normalized spacial score (nSPS) is 10.6. The molecule has 0 spiro atoms. The first kappa shape index (κ1) is 20.2. The van der Waals surface area contributed by atoms with E-state index in [-0.39, 0.29) is 24.7 Å². The van der Waals surface area contributed by atoms with Gasteiger partial charge in [-0.05, 0) is 73.9 Å². The summed E-state index contributed by atoms with van der Waals surface area (Å²) in [7, 11) is 0. The Hall–Kier alpha value is -3.15. The lowest BCUT2D eigenvalue weighted by molar-refractivity contribution is -0.124. The van der Waals surface area contributed by atoms with Crippen molar-refractivity contribution in [3.8, 4) is 5.75 Å². The van der Waals surface area contributed by atoms with E-state index in [1.54, 1.807) is 6.21 Å². The van der Waals surface area contributed by atoms with Crippen LogP contribution in [0.1, 0.15) is 36.5 Å². The van der Waals surface area contributed by atoms with Crippen molar-refractivity contribution < 1.29 is 14.3 Å². The van der Waals surface area contributed by atoms with Crippen molar-refractivity contribution in [1.29, 1.82) is 0 Å². The van der Waals surface area contributed by atoms with Crippen LogP contribution < -0.4 is 15.5 Å². The summed E-state index contributed by atoms with van der Waals surface area (Å²) in [6.45, 7) is 6.54. The Bertz CT molecular complexity index is 814. The number of amides is 2. The zero-order chi connectivity index (χ0) is 19.6. The van der Waals surface area contributed by atoms with E-state index in [1.807, 2.05) is 63.2 Å². The lowest BCUT2D eigenvalue weighted by Crippen LogP contribution is -2.20. The second-order valence-corrected chi connectivity index (χ2v) is 6.14. The van der Waals surface area contributed by atoms with Crippen LogP contribution in [-0.2, 0) is 9.59 Å². The van der Waals surface area contributed by atoms with Crippen LogP contribution in [0.2, 0.25) is 0 Å². The summed E-state index contributed by atoms with van der Waals surface area (Å²) in [6.07, 6.45) is 1.71. The highest BCUT2D eigenvalue weighted by Crippen LogP contribution is 2.14. The maximum absolute atomic E-state index is 12.0. The Balaban J connectivity index is 1.73. The Morgan fingerprint density at radius 2 is 1.70 bits per heavy atom. The minimum atomic E-state index is -0.313. The fraction of sp³-hybridized carbons (Fsp3) is 0.286. The van der Waals surface area contributed by atoms with Crippen molar-refractivity contribution in [2.24, 2.45) is 5.10 Å².